The van der Waals surface area contributed by atoms with E-state index in [-0.39, 0.29) is 5.41 Å². The largest absolute Gasteiger partial charge is 0.456 e. The second-order valence-corrected chi connectivity index (χ2v) is 15.3. The SMILES string of the molecule is CC1(c2ccc3oc4cccc(N(c5ccc(-c6ccccc6)cc5)c5ccc6sc7ccccc7c6c5)c4c3c2)c2ccccc2-c2ccccc21. The van der Waals surface area contributed by atoms with Crippen molar-refractivity contribution in [2.24, 2.45) is 0 Å². The lowest BCUT2D eigenvalue weighted by molar-refractivity contribution is 0.667. The fraction of sp³-hybridized carbons (Fsp3) is 0.0400. The maximum atomic E-state index is 6.67. The number of hydrogen-bond acceptors (Lipinski definition) is 3. The molecule has 1 aliphatic rings. The molecule has 0 aliphatic heterocycles. The molecule has 1 aliphatic carbocycles. The summed E-state index contributed by atoms with van der Waals surface area (Å²) in [6.45, 7) is 2.38. The third-order valence-electron chi connectivity index (χ3n) is 11.4. The van der Waals surface area contributed by atoms with E-state index in [9.17, 15) is 0 Å². The normalized spacial score (nSPS) is 13.2. The van der Waals surface area contributed by atoms with Crippen molar-refractivity contribution in [1.29, 1.82) is 0 Å². The molecular formula is C50H33NOS. The van der Waals surface area contributed by atoms with Crippen molar-refractivity contribution in [2.45, 2.75) is 12.3 Å². The number of rotatable bonds is 5. The zero-order chi connectivity index (χ0) is 35.1. The second kappa shape index (κ2) is 11.5. The smallest absolute Gasteiger partial charge is 0.137 e. The van der Waals surface area contributed by atoms with E-state index in [1.165, 1.54) is 59.1 Å². The number of thiophene rings is 1. The van der Waals surface area contributed by atoms with Gasteiger partial charge in [0.15, 0.2) is 0 Å². The Morgan fingerprint density at radius 1 is 0.472 bits per heavy atom. The summed E-state index contributed by atoms with van der Waals surface area (Å²) >= 11 is 1.85. The monoisotopic (exact) mass is 695 g/mol. The van der Waals surface area contributed by atoms with E-state index in [2.05, 4.69) is 194 Å². The fourth-order valence-corrected chi connectivity index (χ4v) is 9.87. The molecule has 2 nitrogen and oxygen atoms in total. The van der Waals surface area contributed by atoms with Crippen LogP contribution in [0.2, 0.25) is 0 Å². The van der Waals surface area contributed by atoms with Crippen LogP contribution in [0.25, 0.3) is 64.4 Å². The van der Waals surface area contributed by atoms with Crippen LogP contribution in [0.4, 0.5) is 17.1 Å². The molecule has 53 heavy (non-hydrogen) atoms. The summed E-state index contributed by atoms with van der Waals surface area (Å²) in [5, 5.41) is 4.78. The van der Waals surface area contributed by atoms with Gasteiger partial charge in [0, 0.05) is 42.3 Å². The molecule has 0 N–H and O–H groups in total. The molecule has 0 saturated heterocycles. The lowest BCUT2D eigenvalue weighted by Crippen LogP contribution is -2.22. The summed E-state index contributed by atoms with van der Waals surface area (Å²) < 4.78 is 9.26. The van der Waals surface area contributed by atoms with E-state index >= 15 is 0 Å². The Kier molecular flexibility index (Phi) is 6.58. The summed E-state index contributed by atoms with van der Waals surface area (Å²) in [4.78, 5) is 2.41. The van der Waals surface area contributed by atoms with E-state index < -0.39 is 0 Å². The Hall–Kier alpha value is -6.42. The molecule has 0 bridgehead atoms. The molecule has 3 heteroatoms. The van der Waals surface area contributed by atoms with Gasteiger partial charge >= 0.3 is 0 Å². The molecule has 0 amide bonds. The van der Waals surface area contributed by atoms with Gasteiger partial charge in [-0.2, -0.15) is 0 Å². The van der Waals surface area contributed by atoms with E-state index in [0.29, 0.717) is 0 Å². The van der Waals surface area contributed by atoms with Crippen LogP contribution in [0.5, 0.6) is 0 Å². The number of nitrogens with zero attached hydrogens (tertiary/aromatic N) is 1. The minimum absolute atomic E-state index is 0.308. The number of fused-ring (bicyclic) bond motifs is 9. The first kappa shape index (κ1) is 30.2. The van der Waals surface area contributed by atoms with Gasteiger partial charge in [-0.3, -0.25) is 0 Å². The van der Waals surface area contributed by atoms with Gasteiger partial charge < -0.3 is 9.32 Å². The van der Waals surface area contributed by atoms with Crippen LogP contribution >= 0.6 is 11.3 Å². The average Bonchev–Trinajstić information content (AvgIpc) is 3.87. The Morgan fingerprint density at radius 3 is 1.92 bits per heavy atom. The fourth-order valence-electron chi connectivity index (χ4n) is 8.78. The molecule has 0 spiro atoms. The van der Waals surface area contributed by atoms with Gasteiger partial charge in [-0.15, -0.1) is 11.3 Å². The number of hydrogen-bond donors (Lipinski definition) is 0. The summed E-state index contributed by atoms with van der Waals surface area (Å²) in [6.07, 6.45) is 0. The van der Waals surface area contributed by atoms with Crippen molar-refractivity contribution in [2.75, 3.05) is 4.90 Å². The Labute approximate surface area is 311 Å². The maximum absolute atomic E-state index is 6.67. The van der Waals surface area contributed by atoms with Crippen LogP contribution in [0.1, 0.15) is 23.6 Å². The molecule has 0 unspecified atom stereocenters. The molecule has 11 rings (SSSR count). The van der Waals surface area contributed by atoms with Gasteiger partial charge in [0.05, 0.1) is 11.1 Å². The highest BCUT2D eigenvalue weighted by Crippen LogP contribution is 2.53. The van der Waals surface area contributed by atoms with Crippen LogP contribution in [-0.2, 0) is 5.41 Å². The van der Waals surface area contributed by atoms with Gasteiger partial charge in [0.25, 0.3) is 0 Å². The van der Waals surface area contributed by atoms with Gasteiger partial charge in [-0.25, -0.2) is 0 Å². The first-order valence-electron chi connectivity index (χ1n) is 18.2. The lowest BCUT2D eigenvalue weighted by Gasteiger charge is -2.28. The van der Waals surface area contributed by atoms with E-state index in [1.54, 1.807) is 0 Å². The van der Waals surface area contributed by atoms with Crippen molar-refractivity contribution < 1.29 is 4.42 Å². The van der Waals surface area contributed by atoms with Crippen LogP contribution < -0.4 is 4.90 Å². The zero-order valence-electron chi connectivity index (χ0n) is 29.1. The van der Waals surface area contributed by atoms with Crippen molar-refractivity contribution in [3.63, 3.8) is 0 Å². The molecule has 2 heterocycles. The van der Waals surface area contributed by atoms with Crippen molar-refractivity contribution in [3.8, 4) is 22.3 Å². The predicted molar refractivity (Wildman–Crippen MR) is 224 cm³/mol. The zero-order valence-corrected chi connectivity index (χ0v) is 29.9. The first-order chi connectivity index (χ1) is 26.1. The van der Waals surface area contributed by atoms with Crippen LogP contribution in [-0.4, -0.2) is 0 Å². The minimum Gasteiger partial charge on any atom is -0.456 e. The Morgan fingerprint density at radius 2 is 1.13 bits per heavy atom. The highest BCUT2D eigenvalue weighted by Gasteiger charge is 2.40. The minimum atomic E-state index is -0.308. The third-order valence-corrected chi connectivity index (χ3v) is 12.5. The molecule has 250 valence electrons. The Bertz CT molecular complexity index is 2980. The van der Waals surface area contributed by atoms with Crippen LogP contribution in [0, 0.1) is 0 Å². The molecule has 2 aromatic heterocycles. The highest BCUT2D eigenvalue weighted by atomic mass is 32.1. The van der Waals surface area contributed by atoms with Gasteiger partial charge in [-0.05, 0) is 107 Å². The second-order valence-electron chi connectivity index (χ2n) is 14.2. The maximum Gasteiger partial charge on any atom is 0.137 e. The topological polar surface area (TPSA) is 16.4 Å². The number of anilines is 3. The molecular weight excluding hydrogens is 663 g/mol. The number of benzene rings is 8. The molecule has 0 fully saturated rings. The summed E-state index contributed by atoms with van der Waals surface area (Å²) in [5.41, 5.74) is 13.7. The molecule has 0 radical (unpaired) electrons. The van der Waals surface area contributed by atoms with Crippen molar-refractivity contribution in [3.05, 3.63) is 199 Å². The summed E-state index contributed by atoms with van der Waals surface area (Å²) in [5.74, 6) is 0. The summed E-state index contributed by atoms with van der Waals surface area (Å²) in [6, 6.07) is 66.2. The Balaban J connectivity index is 1.15. The van der Waals surface area contributed by atoms with Gasteiger partial charge in [0.2, 0.25) is 0 Å². The highest BCUT2D eigenvalue weighted by molar-refractivity contribution is 7.25. The molecule has 10 aromatic rings. The van der Waals surface area contributed by atoms with Gasteiger partial charge in [0.1, 0.15) is 11.2 Å². The first-order valence-corrected chi connectivity index (χ1v) is 19.0. The molecule has 0 saturated carbocycles. The summed E-state index contributed by atoms with van der Waals surface area (Å²) in [7, 11) is 0. The standard InChI is InChI=1S/C50H33NOS/c1-50(42-17-8-5-14-37(42)38-15-6-9-18-43(38)50)34-24-28-45-41(30-34)49-44(19-11-20-46(49)52-45)51(35-25-22-33(23-26-35)32-12-3-2-4-13-32)36-27-29-48-40(31-36)39-16-7-10-21-47(39)53-48/h2-31H,1H3. The number of furan rings is 1. The molecule has 8 aromatic carbocycles. The van der Waals surface area contributed by atoms with E-state index in [0.717, 1.165) is 39.0 Å². The quantitative estimate of drug-likeness (QED) is 0.178. The average molecular weight is 696 g/mol. The van der Waals surface area contributed by atoms with Crippen molar-refractivity contribution >= 4 is 70.5 Å². The predicted octanol–water partition coefficient (Wildman–Crippen LogP) is 14.4. The van der Waals surface area contributed by atoms with Gasteiger partial charge in [-0.1, -0.05) is 121 Å². The van der Waals surface area contributed by atoms with E-state index in [4.69, 9.17) is 4.42 Å². The lowest BCUT2D eigenvalue weighted by atomic mass is 9.74. The van der Waals surface area contributed by atoms with Crippen molar-refractivity contribution in [1.82, 2.24) is 0 Å². The van der Waals surface area contributed by atoms with E-state index in [1.807, 2.05) is 11.3 Å². The van der Waals surface area contributed by atoms with Crippen LogP contribution in [0.3, 0.4) is 0 Å². The molecule has 0 atom stereocenters. The third kappa shape index (κ3) is 4.51. The van der Waals surface area contributed by atoms with Crippen LogP contribution in [0.15, 0.2) is 186 Å².